The van der Waals surface area contributed by atoms with Gasteiger partial charge in [0.25, 0.3) is 0 Å². The Labute approximate surface area is 129 Å². The fourth-order valence-corrected chi connectivity index (χ4v) is 3.63. The van der Waals surface area contributed by atoms with Gasteiger partial charge in [-0.1, -0.05) is 12.1 Å². The minimum absolute atomic E-state index is 0.00988. The molecular weight excluding hydrogens is 278 g/mol. The second kappa shape index (κ2) is 4.71. The lowest BCUT2D eigenvalue weighted by Crippen LogP contribution is -2.55. The van der Waals surface area contributed by atoms with Gasteiger partial charge in [0.1, 0.15) is 0 Å². The zero-order valence-corrected chi connectivity index (χ0v) is 12.7. The first kappa shape index (κ1) is 13.6. The van der Waals surface area contributed by atoms with Gasteiger partial charge in [-0.25, -0.2) is 4.79 Å². The molecule has 1 saturated heterocycles. The molecule has 0 spiro atoms. The highest BCUT2D eigenvalue weighted by molar-refractivity contribution is 5.79. The van der Waals surface area contributed by atoms with E-state index < -0.39 is 0 Å². The number of rotatable bonds is 2. The van der Waals surface area contributed by atoms with Crippen LogP contribution in [0.2, 0.25) is 0 Å². The molecule has 2 atom stereocenters. The van der Waals surface area contributed by atoms with Crippen LogP contribution in [-0.2, 0) is 13.6 Å². The van der Waals surface area contributed by atoms with Crippen molar-refractivity contribution >= 4 is 16.9 Å². The first-order valence-electron chi connectivity index (χ1n) is 7.77. The molecule has 2 heterocycles. The van der Waals surface area contributed by atoms with E-state index in [-0.39, 0.29) is 11.6 Å². The average molecular weight is 299 g/mol. The largest absolute Gasteiger partial charge is 0.334 e. The van der Waals surface area contributed by atoms with E-state index in [2.05, 4.69) is 16.5 Å². The number of carbonyl (C=O) groups excluding carboxylic acids is 1. The van der Waals surface area contributed by atoms with Gasteiger partial charge in [0, 0.05) is 37.6 Å². The number of nitrogens with two attached hydrogens (primary N) is 1. The highest BCUT2D eigenvalue weighted by Gasteiger charge is 2.51. The third-order valence-electron chi connectivity index (χ3n) is 5.24. The number of nitrogens with one attached hydrogen (secondary N) is 1. The van der Waals surface area contributed by atoms with Gasteiger partial charge in [-0.2, -0.15) is 5.10 Å². The van der Waals surface area contributed by atoms with Crippen LogP contribution < -0.4 is 11.1 Å². The Bertz CT molecular complexity index is 739. The normalized spacial score (nSPS) is 26.8. The maximum absolute atomic E-state index is 12.3. The minimum Gasteiger partial charge on any atom is -0.334 e. The number of hydrogen-bond acceptors (Lipinski definition) is 3. The summed E-state index contributed by atoms with van der Waals surface area (Å²) in [5.41, 5.74) is 8.31. The van der Waals surface area contributed by atoms with Crippen LogP contribution in [0.25, 0.3) is 10.9 Å². The number of benzene rings is 1. The van der Waals surface area contributed by atoms with Crippen LogP contribution in [0.15, 0.2) is 24.4 Å². The molecule has 6 nitrogen and oxygen atoms in total. The van der Waals surface area contributed by atoms with E-state index in [1.807, 2.05) is 35.0 Å². The molecule has 0 bridgehead atoms. The van der Waals surface area contributed by atoms with Crippen LogP contribution in [0, 0.1) is 5.92 Å². The molecule has 1 aromatic heterocycles. The van der Waals surface area contributed by atoms with Crippen LogP contribution in [-0.4, -0.2) is 39.3 Å². The Morgan fingerprint density at radius 2 is 2.41 bits per heavy atom. The number of likely N-dealkylation sites (tertiary alicyclic amines) is 1. The van der Waals surface area contributed by atoms with Crippen molar-refractivity contribution in [2.75, 3.05) is 13.1 Å². The zero-order valence-electron chi connectivity index (χ0n) is 12.7. The standard InChI is InChI=1S/C16H21N5O/c1-20-14-6-11(2-3-12(14)8-19-20)7-18-15(22)21-9-13-4-5-16(13,17)10-21/h2-3,6,8,13H,4-5,7,9-10,17H2,1H3,(H,18,22)/t13-,16-/m0/s1. The number of hydrogen-bond donors (Lipinski definition) is 2. The molecule has 2 aromatic rings. The van der Waals surface area contributed by atoms with Crippen molar-refractivity contribution in [1.82, 2.24) is 20.0 Å². The number of aromatic nitrogens is 2. The van der Waals surface area contributed by atoms with Crippen molar-refractivity contribution in [3.63, 3.8) is 0 Å². The number of carbonyl (C=O) groups is 1. The van der Waals surface area contributed by atoms with Crippen LogP contribution in [0.5, 0.6) is 0 Å². The average Bonchev–Trinajstić information content (AvgIpc) is 2.98. The van der Waals surface area contributed by atoms with E-state index in [9.17, 15) is 4.79 Å². The van der Waals surface area contributed by atoms with Crippen molar-refractivity contribution in [3.8, 4) is 0 Å². The lowest BCUT2D eigenvalue weighted by molar-refractivity contribution is 0.187. The summed E-state index contributed by atoms with van der Waals surface area (Å²) in [5.74, 6) is 0.490. The van der Waals surface area contributed by atoms with Gasteiger partial charge in [0.05, 0.1) is 11.7 Å². The van der Waals surface area contributed by atoms with E-state index in [1.54, 1.807) is 0 Å². The van der Waals surface area contributed by atoms with Gasteiger partial charge < -0.3 is 16.0 Å². The van der Waals surface area contributed by atoms with Crippen molar-refractivity contribution < 1.29 is 4.79 Å². The van der Waals surface area contributed by atoms with Crippen molar-refractivity contribution in [3.05, 3.63) is 30.0 Å². The molecule has 1 aliphatic carbocycles. The minimum atomic E-state index is -0.120. The van der Waals surface area contributed by atoms with E-state index in [0.717, 1.165) is 35.9 Å². The van der Waals surface area contributed by atoms with E-state index in [1.165, 1.54) is 0 Å². The zero-order chi connectivity index (χ0) is 15.3. The van der Waals surface area contributed by atoms with Crippen LogP contribution in [0.1, 0.15) is 18.4 Å². The topological polar surface area (TPSA) is 76.2 Å². The molecule has 22 heavy (non-hydrogen) atoms. The highest BCUT2D eigenvalue weighted by Crippen LogP contribution is 2.42. The molecule has 1 saturated carbocycles. The molecular formula is C16H21N5O. The molecule has 2 aliphatic rings. The molecule has 2 fully saturated rings. The van der Waals surface area contributed by atoms with Crippen LogP contribution >= 0.6 is 0 Å². The third-order valence-corrected chi connectivity index (χ3v) is 5.24. The predicted octanol–water partition coefficient (Wildman–Crippen LogP) is 1.21. The van der Waals surface area contributed by atoms with Gasteiger partial charge in [-0.15, -0.1) is 0 Å². The van der Waals surface area contributed by atoms with E-state index >= 15 is 0 Å². The Kier molecular flexibility index (Phi) is 2.91. The second-order valence-electron chi connectivity index (χ2n) is 6.67. The highest BCUT2D eigenvalue weighted by atomic mass is 16.2. The molecule has 3 N–H and O–H groups in total. The lowest BCUT2D eigenvalue weighted by atomic mass is 9.70. The second-order valence-corrected chi connectivity index (χ2v) is 6.67. The summed E-state index contributed by atoms with van der Waals surface area (Å²) < 4.78 is 1.84. The van der Waals surface area contributed by atoms with Crippen molar-refractivity contribution in [1.29, 1.82) is 0 Å². The number of aryl methyl sites for hydroxylation is 1. The Balaban J connectivity index is 1.41. The molecule has 1 aliphatic heterocycles. The molecule has 4 rings (SSSR count). The van der Waals surface area contributed by atoms with Crippen LogP contribution in [0.3, 0.4) is 0 Å². The summed E-state index contributed by atoms with van der Waals surface area (Å²) in [6.07, 6.45) is 4.04. The molecule has 1 aromatic carbocycles. The molecule has 0 radical (unpaired) electrons. The molecule has 116 valence electrons. The fourth-order valence-electron chi connectivity index (χ4n) is 3.63. The number of urea groups is 1. The maximum atomic E-state index is 12.3. The Hall–Kier alpha value is -2.08. The summed E-state index contributed by atoms with van der Waals surface area (Å²) in [5, 5.41) is 8.35. The Morgan fingerprint density at radius 1 is 1.55 bits per heavy atom. The van der Waals surface area contributed by atoms with Crippen molar-refractivity contribution in [2.24, 2.45) is 18.7 Å². The lowest BCUT2D eigenvalue weighted by Gasteiger charge is -2.39. The summed E-state index contributed by atoms with van der Waals surface area (Å²) in [4.78, 5) is 14.2. The van der Waals surface area contributed by atoms with Gasteiger partial charge in [-0.05, 0) is 30.4 Å². The first-order chi connectivity index (χ1) is 10.5. The quantitative estimate of drug-likeness (QED) is 0.875. The van der Waals surface area contributed by atoms with Crippen LogP contribution in [0.4, 0.5) is 4.79 Å². The van der Waals surface area contributed by atoms with Crippen molar-refractivity contribution in [2.45, 2.75) is 24.9 Å². The summed E-state index contributed by atoms with van der Waals surface area (Å²) in [7, 11) is 1.92. The number of fused-ring (bicyclic) bond motifs is 2. The summed E-state index contributed by atoms with van der Waals surface area (Å²) in [6, 6.07) is 6.13. The monoisotopic (exact) mass is 299 g/mol. The first-order valence-corrected chi connectivity index (χ1v) is 7.77. The van der Waals surface area contributed by atoms with E-state index in [4.69, 9.17) is 5.73 Å². The molecule has 0 unspecified atom stereocenters. The molecule has 6 heteroatoms. The van der Waals surface area contributed by atoms with E-state index in [0.29, 0.717) is 19.0 Å². The SMILES string of the molecule is Cn1ncc2ccc(CNC(=O)N3C[C@@H]4CC[C@]4(N)C3)cc21. The molecule has 2 amide bonds. The summed E-state index contributed by atoms with van der Waals surface area (Å²) >= 11 is 0. The smallest absolute Gasteiger partial charge is 0.317 e. The van der Waals surface area contributed by atoms with Gasteiger partial charge >= 0.3 is 6.03 Å². The Morgan fingerprint density at radius 3 is 3.09 bits per heavy atom. The number of amides is 2. The third kappa shape index (κ3) is 2.06. The van der Waals surface area contributed by atoms with Gasteiger partial charge in [-0.3, -0.25) is 4.68 Å². The fraction of sp³-hybridized carbons (Fsp3) is 0.500. The number of nitrogens with zero attached hydrogens (tertiary/aromatic N) is 3. The van der Waals surface area contributed by atoms with Gasteiger partial charge in [0.15, 0.2) is 0 Å². The predicted molar refractivity (Wildman–Crippen MR) is 84.2 cm³/mol. The maximum Gasteiger partial charge on any atom is 0.317 e. The van der Waals surface area contributed by atoms with Gasteiger partial charge in [0.2, 0.25) is 0 Å². The summed E-state index contributed by atoms with van der Waals surface area (Å²) in [6.45, 7) is 2.01.